The Bertz CT molecular complexity index is 363. The molecule has 2 rings (SSSR count). The second-order valence-corrected chi connectivity index (χ2v) is 4.60. The minimum absolute atomic E-state index is 0.0488. The normalized spacial score (nSPS) is 23.6. The number of benzene rings is 1. The third kappa shape index (κ3) is 2.61. The fraction of sp³-hybridized carbons (Fsp3) is 0.538. The Balaban J connectivity index is 2.12. The van der Waals surface area contributed by atoms with Gasteiger partial charge in [-0.1, -0.05) is 24.3 Å². The van der Waals surface area contributed by atoms with E-state index >= 15 is 0 Å². The molecule has 0 aliphatic carbocycles. The van der Waals surface area contributed by atoms with Gasteiger partial charge >= 0.3 is 0 Å². The van der Waals surface area contributed by atoms with E-state index in [1.54, 1.807) is 0 Å². The molecule has 0 saturated carbocycles. The van der Waals surface area contributed by atoms with Crippen molar-refractivity contribution in [3.8, 4) is 0 Å². The number of hydrogen-bond acceptors (Lipinski definition) is 3. The zero-order valence-electron chi connectivity index (χ0n) is 9.90. The molecule has 3 nitrogen and oxygen atoms in total. The van der Waals surface area contributed by atoms with Crippen molar-refractivity contribution < 1.29 is 9.47 Å². The highest BCUT2D eigenvalue weighted by molar-refractivity contribution is 5.26. The molecule has 1 aliphatic heterocycles. The maximum absolute atomic E-state index is 5.81. The van der Waals surface area contributed by atoms with Crippen molar-refractivity contribution in [2.45, 2.75) is 32.2 Å². The van der Waals surface area contributed by atoms with Crippen LogP contribution in [0.1, 0.15) is 31.1 Å². The minimum Gasteiger partial charge on any atom is -0.347 e. The van der Waals surface area contributed by atoms with Gasteiger partial charge in [0.2, 0.25) is 0 Å². The molecular weight excluding hydrogens is 202 g/mol. The first-order chi connectivity index (χ1) is 7.61. The number of nitrogens with two attached hydrogens (primary N) is 1. The topological polar surface area (TPSA) is 44.5 Å². The molecule has 88 valence electrons. The third-order valence-corrected chi connectivity index (χ3v) is 2.76. The van der Waals surface area contributed by atoms with E-state index in [0.717, 1.165) is 6.42 Å². The average molecular weight is 221 g/mol. The molecular formula is C13H19NO2. The Kier molecular flexibility index (Phi) is 3.28. The molecule has 1 atom stereocenters. The van der Waals surface area contributed by atoms with Crippen LogP contribution in [0.3, 0.4) is 0 Å². The van der Waals surface area contributed by atoms with Gasteiger partial charge in [-0.2, -0.15) is 0 Å². The Morgan fingerprint density at radius 3 is 2.88 bits per heavy atom. The van der Waals surface area contributed by atoms with Crippen LogP contribution < -0.4 is 5.73 Å². The molecule has 0 spiro atoms. The van der Waals surface area contributed by atoms with Crippen LogP contribution in [0.5, 0.6) is 0 Å². The molecule has 1 aromatic carbocycles. The molecule has 1 heterocycles. The van der Waals surface area contributed by atoms with Gasteiger partial charge in [0, 0.05) is 0 Å². The van der Waals surface area contributed by atoms with Gasteiger partial charge in [-0.15, -0.1) is 0 Å². The van der Waals surface area contributed by atoms with Crippen molar-refractivity contribution in [3.63, 3.8) is 0 Å². The molecule has 0 amide bonds. The summed E-state index contributed by atoms with van der Waals surface area (Å²) in [6.45, 7) is 5.18. The van der Waals surface area contributed by atoms with Crippen molar-refractivity contribution in [1.29, 1.82) is 0 Å². The summed E-state index contributed by atoms with van der Waals surface area (Å²) in [4.78, 5) is 0. The van der Waals surface area contributed by atoms with Crippen LogP contribution in [-0.2, 0) is 15.9 Å². The molecule has 0 bridgehead atoms. The predicted octanol–water partition coefficient (Wildman–Crippen LogP) is 2.01. The minimum atomic E-state index is -0.464. The molecule has 0 radical (unpaired) electrons. The van der Waals surface area contributed by atoms with Crippen LogP contribution in [0.2, 0.25) is 0 Å². The monoisotopic (exact) mass is 221 g/mol. The summed E-state index contributed by atoms with van der Waals surface area (Å²) in [6.07, 6.45) is 0.956. The van der Waals surface area contributed by atoms with Gasteiger partial charge < -0.3 is 15.2 Å². The standard InChI is InChI=1S/C13H19NO2/c1-13(2)15-9-12(16-13)11-5-3-4-10(8-11)6-7-14/h3-5,8,12H,6-7,9,14H2,1-2H3. The fourth-order valence-corrected chi connectivity index (χ4v) is 1.97. The van der Waals surface area contributed by atoms with Crippen molar-refractivity contribution >= 4 is 0 Å². The Hall–Kier alpha value is -0.900. The molecule has 1 aromatic rings. The summed E-state index contributed by atoms with van der Waals surface area (Å²) < 4.78 is 11.4. The van der Waals surface area contributed by atoms with E-state index in [2.05, 4.69) is 24.3 Å². The third-order valence-electron chi connectivity index (χ3n) is 2.76. The maximum Gasteiger partial charge on any atom is 0.163 e. The van der Waals surface area contributed by atoms with Crippen molar-refractivity contribution in [2.24, 2.45) is 5.73 Å². The molecule has 1 unspecified atom stereocenters. The van der Waals surface area contributed by atoms with Crippen molar-refractivity contribution in [2.75, 3.05) is 13.2 Å². The lowest BCUT2D eigenvalue weighted by Crippen LogP contribution is -2.19. The highest BCUT2D eigenvalue weighted by Gasteiger charge is 2.33. The maximum atomic E-state index is 5.81. The van der Waals surface area contributed by atoms with E-state index in [1.807, 2.05) is 13.8 Å². The molecule has 1 aliphatic rings. The highest BCUT2D eigenvalue weighted by Crippen LogP contribution is 2.32. The lowest BCUT2D eigenvalue weighted by molar-refractivity contribution is -0.139. The van der Waals surface area contributed by atoms with Gasteiger partial charge in [-0.05, 0) is 37.9 Å². The summed E-state index contributed by atoms with van der Waals surface area (Å²) in [5, 5.41) is 0. The zero-order chi connectivity index (χ0) is 11.6. The van der Waals surface area contributed by atoms with Gasteiger partial charge in [0.05, 0.1) is 6.61 Å². The first-order valence-corrected chi connectivity index (χ1v) is 5.71. The number of ether oxygens (including phenoxy) is 2. The first-order valence-electron chi connectivity index (χ1n) is 5.71. The molecule has 16 heavy (non-hydrogen) atoms. The summed E-state index contributed by atoms with van der Waals surface area (Å²) in [6, 6.07) is 8.38. The van der Waals surface area contributed by atoms with E-state index in [0.29, 0.717) is 13.2 Å². The quantitative estimate of drug-likeness (QED) is 0.849. The van der Waals surface area contributed by atoms with E-state index < -0.39 is 5.79 Å². The molecule has 3 heteroatoms. The van der Waals surface area contributed by atoms with Gasteiger partial charge in [-0.3, -0.25) is 0 Å². The number of hydrogen-bond donors (Lipinski definition) is 1. The van der Waals surface area contributed by atoms with Crippen molar-refractivity contribution in [1.82, 2.24) is 0 Å². The van der Waals surface area contributed by atoms with Gasteiger partial charge in [-0.25, -0.2) is 0 Å². The van der Waals surface area contributed by atoms with Crippen LogP contribution in [0, 0.1) is 0 Å². The van der Waals surface area contributed by atoms with Crippen molar-refractivity contribution in [3.05, 3.63) is 35.4 Å². The highest BCUT2D eigenvalue weighted by atomic mass is 16.7. The number of rotatable bonds is 3. The van der Waals surface area contributed by atoms with Gasteiger partial charge in [0.1, 0.15) is 6.10 Å². The summed E-state index contributed by atoms with van der Waals surface area (Å²) >= 11 is 0. The van der Waals surface area contributed by atoms with E-state index in [4.69, 9.17) is 15.2 Å². The van der Waals surface area contributed by atoms with Crippen LogP contribution in [0.4, 0.5) is 0 Å². The molecule has 2 N–H and O–H groups in total. The Morgan fingerprint density at radius 2 is 2.25 bits per heavy atom. The molecule has 0 aromatic heterocycles. The van der Waals surface area contributed by atoms with Gasteiger partial charge in [0.25, 0.3) is 0 Å². The summed E-state index contributed by atoms with van der Waals surface area (Å²) in [5.41, 5.74) is 7.99. The van der Waals surface area contributed by atoms with E-state index in [1.165, 1.54) is 11.1 Å². The smallest absolute Gasteiger partial charge is 0.163 e. The lowest BCUT2D eigenvalue weighted by Gasteiger charge is -2.17. The SMILES string of the molecule is CC1(C)OCC(c2cccc(CCN)c2)O1. The van der Waals surface area contributed by atoms with Crippen LogP contribution in [0.15, 0.2) is 24.3 Å². The van der Waals surface area contributed by atoms with E-state index in [-0.39, 0.29) is 6.10 Å². The molecule has 1 fully saturated rings. The lowest BCUT2D eigenvalue weighted by atomic mass is 10.0. The average Bonchev–Trinajstić information content (AvgIpc) is 2.60. The fourth-order valence-electron chi connectivity index (χ4n) is 1.97. The van der Waals surface area contributed by atoms with E-state index in [9.17, 15) is 0 Å². The van der Waals surface area contributed by atoms with Gasteiger partial charge in [0.15, 0.2) is 5.79 Å². The molecule has 1 saturated heterocycles. The second kappa shape index (κ2) is 4.53. The first kappa shape index (κ1) is 11.6. The predicted molar refractivity (Wildman–Crippen MR) is 63.1 cm³/mol. The summed E-state index contributed by atoms with van der Waals surface area (Å²) in [5.74, 6) is -0.464. The Morgan fingerprint density at radius 1 is 1.44 bits per heavy atom. The largest absolute Gasteiger partial charge is 0.347 e. The van der Waals surface area contributed by atoms with Crippen LogP contribution in [0.25, 0.3) is 0 Å². The Labute approximate surface area is 96.5 Å². The van der Waals surface area contributed by atoms with Crippen LogP contribution in [-0.4, -0.2) is 18.9 Å². The zero-order valence-corrected chi connectivity index (χ0v) is 9.90. The second-order valence-electron chi connectivity index (χ2n) is 4.60. The summed E-state index contributed by atoms with van der Waals surface area (Å²) in [7, 11) is 0. The van der Waals surface area contributed by atoms with Crippen LogP contribution >= 0.6 is 0 Å².